The Labute approximate surface area is 123 Å². The summed E-state index contributed by atoms with van der Waals surface area (Å²) in [5.41, 5.74) is 1.75. The Bertz CT molecular complexity index is 675. The van der Waals surface area contributed by atoms with Crippen LogP contribution in [0.1, 0.15) is 21.6 Å². The number of carbonyl (C=O) groups excluding carboxylic acids is 1. The highest BCUT2D eigenvalue weighted by molar-refractivity contribution is 5.92. The minimum absolute atomic E-state index is 0.215. The number of nitriles is 1. The van der Waals surface area contributed by atoms with E-state index in [0.29, 0.717) is 17.9 Å². The molecule has 0 spiro atoms. The van der Waals surface area contributed by atoms with Crippen LogP contribution in [0.15, 0.2) is 36.4 Å². The first-order valence-electron chi connectivity index (χ1n) is 6.40. The van der Waals surface area contributed by atoms with Gasteiger partial charge in [0.2, 0.25) is 0 Å². The van der Waals surface area contributed by atoms with Crippen LogP contribution in [-0.2, 0) is 6.54 Å². The number of nitrogens with one attached hydrogen (secondary N) is 1. The predicted molar refractivity (Wildman–Crippen MR) is 78.5 cm³/mol. The second-order valence-corrected chi connectivity index (χ2v) is 4.53. The number of nitrogens with zero attached hydrogens (tertiary/aromatic N) is 4. The van der Waals surface area contributed by atoms with Gasteiger partial charge in [-0.1, -0.05) is 12.1 Å². The Morgan fingerprint density at radius 3 is 2.76 bits per heavy atom. The smallest absolute Gasteiger partial charge is 0.274 e. The molecule has 0 radical (unpaired) electrons. The van der Waals surface area contributed by atoms with E-state index in [0.717, 1.165) is 5.56 Å². The Morgan fingerprint density at radius 2 is 2.14 bits per heavy atom. The molecule has 106 valence electrons. The molecule has 0 aliphatic rings. The molecule has 0 bridgehead atoms. The summed E-state index contributed by atoms with van der Waals surface area (Å²) in [4.78, 5) is 13.8. The van der Waals surface area contributed by atoms with Crippen LogP contribution in [0.3, 0.4) is 0 Å². The van der Waals surface area contributed by atoms with Crippen LogP contribution in [0.25, 0.3) is 0 Å². The lowest BCUT2D eigenvalue weighted by molar-refractivity contribution is 0.0778. The van der Waals surface area contributed by atoms with Crippen molar-refractivity contribution in [1.29, 1.82) is 5.26 Å². The van der Waals surface area contributed by atoms with Gasteiger partial charge in [-0.15, -0.1) is 10.2 Å². The lowest BCUT2D eigenvalue weighted by Crippen LogP contribution is -2.27. The number of carbonyl (C=O) groups is 1. The minimum Gasteiger partial charge on any atom is -0.372 e. The van der Waals surface area contributed by atoms with Gasteiger partial charge in [0.1, 0.15) is 5.82 Å². The Morgan fingerprint density at radius 1 is 1.33 bits per heavy atom. The van der Waals surface area contributed by atoms with Crippen molar-refractivity contribution in [1.82, 2.24) is 15.1 Å². The lowest BCUT2D eigenvalue weighted by atomic mass is 10.1. The van der Waals surface area contributed by atoms with Crippen LogP contribution in [0, 0.1) is 11.3 Å². The SMILES string of the molecule is CNc1ccc(C(=O)N(C)Cc2cccc(C#N)c2)nn1. The van der Waals surface area contributed by atoms with Crippen LogP contribution in [0.4, 0.5) is 5.82 Å². The molecule has 6 heteroatoms. The van der Waals surface area contributed by atoms with Crippen molar-refractivity contribution < 1.29 is 4.79 Å². The average molecular weight is 281 g/mol. The molecule has 1 amide bonds. The topological polar surface area (TPSA) is 81.9 Å². The van der Waals surface area contributed by atoms with Crippen LogP contribution in [0.2, 0.25) is 0 Å². The standard InChI is InChI=1S/C15H15N5O/c1-17-14-7-6-13(18-19-14)15(21)20(2)10-12-5-3-4-11(8-12)9-16/h3-8H,10H2,1-2H3,(H,17,19). The summed E-state index contributed by atoms with van der Waals surface area (Å²) in [5.74, 6) is 0.392. The molecule has 1 aromatic heterocycles. The molecular weight excluding hydrogens is 266 g/mol. The van der Waals surface area contributed by atoms with E-state index in [-0.39, 0.29) is 11.6 Å². The Hall–Kier alpha value is -2.94. The first kappa shape index (κ1) is 14.5. The monoisotopic (exact) mass is 281 g/mol. The summed E-state index contributed by atoms with van der Waals surface area (Å²) < 4.78 is 0. The summed E-state index contributed by atoms with van der Waals surface area (Å²) >= 11 is 0. The highest BCUT2D eigenvalue weighted by Gasteiger charge is 2.14. The molecular formula is C15H15N5O. The van der Waals surface area contributed by atoms with E-state index < -0.39 is 0 Å². The quantitative estimate of drug-likeness (QED) is 0.921. The van der Waals surface area contributed by atoms with E-state index >= 15 is 0 Å². The largest absolute Gasteiger partial charge is 0.372 e. The highest BCUT2D eigenvalue weighted by atomic mass is 16.2. The fraction of sp³-hybridized carbons (Fsp3) is 0.200. The first-order valence-corrected chi connectivity index (χ1v) is 6.40. The first-order chi connectivity index (χ1) is 10.1. The summed E-state index contributed by atoms with van der Waals surface area (Å²) in [6, 6.07) is 12.6. The number of benzene rings is 1. The third kappa shape index (κ3) is 3.54. The fourth-order valence-electron chi connectivity index (χ4n) is 1.86. The molecule has 0 aliphatic carbocycles. The van der Waals surface area contributed by atoms with Crippen LogP contribution in [0.5, 0.6) is 0 Å². The third-order valence-electron chi connectivity index (χ3n) is 2.96. The van der Waals surface area contributed by atoms with Gasteiger partial charge in [0.15, 0.2) is 5.69 Å². The van der Waals surface area contributed by atoms with Crippen molar-refractivity contribution in [3.63, 3.8) is 0 Å². The van der Waals surface area contributed by atoms with Crippen molar-refractivity contribution in [2.75, 3.05) is 19.4 Å². The van der Waals surface area contributed by atoms with Crippen molar-refractivity contribution in [2.24, 2.45) is 0 Å². The van der Waals surface area contributed by atoms with Gasteiger partial charge in [0, 0.05) is 20.6 Å². The second-order valence-electron chi connectivity index (χ2n) is 4.53. The maximum Gasteiger partial charge on any atom is 0.274 e. The number of aromatic nitrogens is 2. The third-order valence-corrected chi connectivity index (χ3v) is 2.96. The summed E-state index contributed by atoms with van der Waals surface area (Å²) in [5, 5.41) is 19.5. The lowest BCUT2D eigenvalue weighted by Gasteiger charge is -2.16. The normalized spacial score (nSPS) is 9.76. The van der Waals surface area contributed by atoms with E-state index in [2.05, 4.69) is 21.6 Å². The summed E-state index contributed by atoms with van der Waals surface area (Å²) in [6.07, 6.45) is 0. The minimum atomic E-state index is -0.215. The molecule has 0 atom stereocenters. The zero-order chi connectivity index (χ0) is 15.2. The molecule has 1 N–H and O–H groups in total. The molecule has 6 nitrogen and oxygen atoms in total. The number of hydrogen-bond donors (Lipinski definition) is 1. The molecule has 0 saturated carbocycles. The van der Waals surface area contributed by atoms with Crippen LogP contribution >= 0.6 is 0 Å². The predicted octanol–water partition coefficient (Wildman–Crippen LogP) is 1.66. The summed E-state index contributed by atoms with van der Waals surface area (Å²) in [6.45, 7) is 0.407. The number of hydrogen-bond acceptors (Lipinski definition) is 5. The van der Waals surface area contributed by atoms with Crippen molar-refractivity contribution in [3.05, 3.63) is 53.2 Å². The summed E-state index contributed by atoms with van der Waals surface area (Å²) in [7, 11) is 3.43. The highest BCUT2D eigenvalue weighted by Crippen LogP contribution is 2.09. The molecule has 1 heterocycles. The van der Waals surface area contributed by atoms with E-state index in [4.69, 9.17) is 5.26 Å². The van der Waals surface area contributed by atoms with E-state index in [9.17, 15) is 4.79 Å². The van der Waals surface area contributed by atoms with Gasteiger partial charge >= 0.3 is 0 Å². The van der Waals surface area contributed by atoms with Gasteiger partial charge in [-0.2, -0.15) is 5.26 Å². The van der Waals surface area contributed by atoms with E-state index in [1.54, 1.807) is 49.3 Å². The molecule has 0 unspecified atom stereocenters. The van der Waals surface area contributed by atoms with Crippen LogP contribution < -0.4 is 5.32 Å². The van der Waals surface area contributed by atoms with Crippen LogP contribution in [-0.4, -0.2) is 35.1 Å². The van der Waals surface area contributed by atoms with Gasteiger partial charge in [0.05, 0.1) is 11.6 Å². The number of anilines is 1. The van der Waals surface area contributed by atoms with Gasteiger partial charge in [-0.3, -0.25) is 4.79 Å². The van der Waals surface area contributed by atoms with Gasteiger partial charge in [0.25, 0.3) is 5.91 Å². The van der Waals surface area contributed by atoms with Gasteiger partial charge in [-0.25, -0.2) is 0 Å². The number of amides is 1. The zero-order valence-corrected chi connectivity index (χ0v) is 11.9. The molecule has 0 fully saturated rings. The molecule has 0 saturated heterocycles. The maximum atomic E-state index is 12.2. The molecule has 0 aliphatic heterocycles. The van der Waals surface area contributed by atoms with Gasteiger partial charge < -0.3 is 10.2 Å². The Balaban J connectivity index is 2.09. The molecule has 1 aromatic carbocycles. The number of rotatable bonds is 4. The molecule has 2 rings (SSSR count). The van der Waals surface area contributed by atoms with Crippen molar-refractivity contribution in [2.45, 2.75) is 6.54 Å². The Kier molecular flexibility index (Phi) is 4.46. The fourth-order valence-corrected chi connectivity index (χ4v) is 1.86. The van der Waals surface area contributed by atoms with E-state index in [1.165, 1.54) is 0 Å². The molecule has 21 heavy (non-hydrogen) atoms. The zero-order valence-electron chi connectivity index (χ0n) is 11.9. The second kappa shape index (κ2) is 6.48. The molecule has 2 aromatic rings. The maximum absolute atomic E-state index is 12.2. The van der Waals surface area contributed by atoms with Crippen molar-refractivity contribution >= 4 is 11.7 Å². The van der Waals surface area contributed by atoms with E-state index in [1.807, 2.05) is 6.07 Å². The van der Waals surface area contributed by atoms with Crippen molar-refractivity contribution in [3.8, 4) is 6.07 Å². The van der Waals surface area contributed by atoms with Gasteiger partial charge in [-0.05, 0) is 29.8 Å². The average Bonchev–Trinajstić information content (AvgIpc) is 2.54.